The van der Waals surface area contributed by atoms with Crippen molar-refractivity contribution in [1.29, 1.82) is 0 Å². The Balaban J connectivity index is 0.000000192. The molecular formula is C62H56Cl2F2N10O3. The number of nitrogens with zero attached hydrogens (tertiary/aromatic N) is 9. The van der Waals surface area contributed by atoms with Crippen LogP contribution in [0.15, 0.2) is 135 Å². The fourth-order valence-electron chi connectivity index (χ4n) is 10.3. The summed E-state index contributed by atoms with van der Waals surface area (Å²) >= 11 is 13.5. The summed E-state index contributed by atoms with van der Waals surface area (Å²) in [5.41, 5.74) is 12.8. The highest BCUT2D eigenvalue weighted by Crippen LogP contribution is 2.46. The highest BCUT2D eigenvalue weighted by Gasteiger charge is 2.31. The van der Waals surface area contributed by atoms with Crippen molar-refractivity contribution in [2.75, 3.05) is 62.2 Å². The molecule has 0 atom stereocenters. The average molecular weight is 1100 g/mol. The Hall–Kier alpha value is -8.58. The quantitative estimate of drug-likeness (QED) is 0.0988. The lowest BCUT2D eigenvalue weighted by atomic mass is 9.90. The van der Waals surface area contributed by atoms with E-state index in [4.69, 9.17) is 55.4 Å². The molecule has 4 aromatic heterocycles. The summed E-state index contributed by atoms with van der Waals surface area (Å²) in [6.07, 6.45) is 2.61. The zero-order valence-electron chi connectivity index (χ0n) is 44.1. The predicted octanol–water partition coefficient (Wildman–Crippen LogP) is 13.1. The Morgan fingerprint density at radius 3 is 1.35 bits per heavy atom. The topological polar surface area (TPSA) is 146 Å². The van der Waals surface area contributed by atoms with Crippen molar-refractivity contribution in [3.8, 4) is 44.8 Å². The normalized spacial score (nSPS) is 13.6. The molecule has 0 saturated carbocycles. The standard InChI is InChI=1S/C31H29ClFN5O2.C31H27ClFN5O/c1-4-25(39)37-13-15-38(16-14-37)31-22-17-23(32)27(21-11-7-8-12-24(21)33)35-28(22)26(29(36-31)30(34)40)20-10-6-5-9-19(20)18(2)3;1-5-26(39)37-14-16-38(17-15-37)31-23-18-24(32)28(22-12-8-9-13-25(22)33)35-29(23)27(30(34-4)36-31)21-11-7-6-10-20(21)19(2)3/h4-12,17-18H,1,13-16H2,2-3H3,(H2,34,40);5-13,18-19H,1,14-17H2,2-3H3. The van der Waals surface area contributed by atoms with Crippen molar-refractivity contribution in [1.82, 2.24) is 29.7 Å². The molecule has 400 valence electrons. The molecule has 0 spiro atoms. The number of hydrogen-bond donors (Lipinski definition) is 1. The van der Waals surface area contributed by atoms with Crippen LogP contribution in [0.1, 0.15) is 61.1 Å². The van der Waals surface area contributed by atoms with Crippen LogP contribution in [-0.4, -0.2) is 99.8 Å². The molecule has 2 aliphatic rings. The molecule has 2 aliphatic heterocycles. The van der Waals surface area contributed by atoms with E-state index in [1.54, 1.807) is 58.3 Å². The second kappa shape index (κ2) is 23.6. The Bertz CT molecular complexity index is 3770. The van der Waals surface area contributed by atoms with E-state index in [9.17, 15) is 23.2 Å². The molecule has 3 amide bonds. The molecule has 10 rings (SSSR count). The van der Waals surface area contributed by atoms with E-state index in [0.29, 0.717) is 103 Å². The van der Waals surface area contributed by atoms with Gasteiger partial charge >= 0.3 is 0 Å². The molecular weight excluding hydrogens is 1040 g/mol. The lowest BCUT2D eigenvalue weighted by Gasteiger charge is -2.35. The van der Waals surface area contributed by atoms with Gasteiger partial charge in [-0.2, -0.15) is 0 Å². The summed E-state index contributed by atoms with van der Waals surface area (Å²) in [5, 5.41) is 1.81. The summed E-state index contributed by atoms with van der Waals surface area (Å²) in [4.78, 5) is 68.1. The molecule has 6 heterocycles. The molecule has 0 aliphatic carbocycles. The Morgan fingerprint density at radius 2 is 0.962 bits per heavy atom. The Kier molecular flexibility index (Phi) is 16.5. The third-order valence-corrected chi connectivity index (χ3v) is 14.8. The number of aromatic nitrogens is 4. The minimum absolute atomic E-state index is 0.0644. The van der Waals surface area contributed by atoms with Gasteiger partial charge in [0.05, 0.1) is 37.9 Å². The van der Waals surface area contributed by atoms with E-state index in [1.165, 1.54) is 24.3 Å². The van der Waals surface area contributed by atoms with E-state index >= 15 is 0 Å². The van der Waals surface area contributed by atoms with Crippen molar-refractivity contribution < 1.29 is 23.2 Å². The van der Waals surface area contributed by atoms with Gasteiger partial charge in [0.15, 0.2) is 0 Å². The van der Waals surface area contributed by atoms with Gasteiger partial charge in [-0.1, -0.05) is 143 Å². The molecule has 2 N–H and O–H groups in total. The van der Waals surface area contributed by atoms with Crippen molar-refractivity contribution in [3.05, 3.63) is 184 Å². The molecule has 0 bridgehead atoms. The number of primary amides is 1. The number of carbonyl (C=O) groups excluding carboxylic acids is 3. The van der Waals surface area contributed by atoms with Gasteiger partial charge < -0.3 is 30.2 Å². The van der Waals surface area contributed by atoms with Crippen molar-refractivity contribution in [2.24, 2.45) is 5.73 Å². The molecule has 0 radical (unpaired) electrons. The van der Waals surface area contributed by atoms with Gasteiger partial charge in [-0.3, -0.25) is 14.4 Å². The highest BCUT2D eigenvalue weighted by atomic mass is 35.5. The van der Waals surface area contributed by atoms with Crippen LogP contribution in [0.5, 0.6) is 0 Å². The molecule has 2 fully saturated rings. The lowest BCUT2D eigenvalue weighted by Crippen LogP contribution is -2.48. The first-order valence-corrected chi connectivity index (χ1v) is 26.6. The van der Waals surface area contributed by atoms with Crippen LogP contribution in [0.25, 0.3) is 71.4 Å². The van der Waals surface area contributed by atoms with Gasteiger partial charge in [-0.15, -0.1) is 4.98 Å². The largest absolute Gasteiger partial charge is 0.364 e. The third kappa shape index (κ3) is 11.0. The van der Waals surface area contributed by atoms with E-state index < -0.39 is 17.5 Å². The summed E-state index contributed by atoms with van der Waals surface area (Å²) in [5.74, 6) is -0.290. The lowest BCUT2D eigenvalue weighted by molar-refractivity contribution is -0.127. The maximum absolute atomic E-state index is 14.9. The van der Waals surface area contributed by atoms with Crippen LogP contribution in [0.2, 0.25) is 10.0 Å². The average Bonchev–Trinajstić information content (AvgIpc) is 3.63. The van der Waals surface area contributed by atoms with Crippen LogP contribution >= 0.6 is 23.2 Å². The first kappa shape index (κ1) is 55.2. The summed E-state index contributed by atoms with van der Waals surface area (Å²) in [6, 6.07) is 31.8. The highest BCUT2D eigenvalue weighted by molar-refractivity contribution is 6.34. The fraction of sp³-hybridized carbons (Fsp3) is 0.226. The number of amides is 3. The van der Waals surface area contributed by atoms with Crippen molar-refractivity contribution in [2.45, 2.75) is 39.5 Å². The second-order valence-electron chi connectivity index (χ2n) is 19.7. The number of hydrogen-bond acceptors (Lipinski definition) is 9. The molecule has 17 heteroatoms. The number of pyridine rings is 4. The number of carbonyl (C=O) groups is 3. The van der Waals surface area contributed by atoms with Gasteiger partial charge in [0, 0.05) is 80.0 Å². The first-order valence-electron chi connectivity index (χ1n) is 25.8. The second-order valence-corrected chi connectivity index (χ2v) is 20.5. The van der Waals surface area contributed by atoms with E-state index in [0.717, 1.165) is 22.3 Å². The van der Waals surface area contributed by atoms with Crippen LogP contribution in [0, 0.1) is 18.2 Å². The number of piperazine rings is 2. The number of halogens is 4. The molecule has 2 saturated heterocycles. The smallest absolute Gasteiger partial charge is 0.281 e. The monoisotopic (exact) mass is 1100 g/mol. The van der Waals surface area contributed by atoms with E-state index in [-0.39, 0.29) is 62.0 Å². The van der Waals surface area contributed by atoms with Gasteiger partial charge in [0.25, 0.3) is 11.7 Å². The number of rotatable bonds is 11. The van der Waals surface area contributed by atoms with Crippen LogP contribution in [0.3, 0.4) is 0 Å². The van der Waals surface area contributed by atoms with E-state index in [1.807, 2.05) is 58.3 Å². The van der Waals surface area contributed by atoms with Crippen molar-refractivity contribution in [3.63, 3.8) is 0 Å². The molecule has 0 unspecified atom stereocenters. The maximum atomic E-state index is 14.9. The predicted molar refractivity (Wildman–Crippen MR) is 312 cm³/mol. The van der Waals surface area contributed by atoms with Gasteiger partial charge in [-0.05, 0) is 82.6 Å². The Morgan fingerprint density at radius 1 is 0.582 bits per heavy atom. The first-order chi connectivity index (χ1) is 38.0. The zero-order valence-corrected chi connectivity index (χ0v) is 45.6. The fourth-order valence-corrected chi connectivity index (χ4v) is 10.8. The summed E-state index contributed by atoms with van der Waals surface area (Å²) in [7, 11) is 0. The minimum Gasteiger partial charge on any atom is -0.364 e. The third-order valence-electron chi connectivity index (χ3n) is 14.2. The van der Waals surface area contributed by atoms with Crippen molar-refractivity contribution >= 4 is 80.2 Å². The SMILES string of the molecule is C=CC(=O)N1CCN(c2nc(C(N)=O)c(-c3ccccc3C(C)C)c3nc(-c4ccccc4F)c(Cl)cc23)CC1.[C-]#[N+]c1nc(N2CCN(C(=O)C=C)CC2)c2cc(Cl)c(-c3ccccc3F)nc2c1-c1ccccc1C(C)C. The van der Waals surface area contributed by atoms with Crippen LogP contribution in [0.4, 0.5) is 26.2 Å². The van der Waals surface area contributed by atoms with E-state index in [2.05, 4.69) is 45.7 Å². The summed E-state index contributed by atoms with van der Waals surface area (Å²) < 4.78 is 29.8. The van der Waals surface area contributed by atoms with Gasteiger partial charge in [0.1, 0.15) is 23.1 Å². The molecule has 4 aromatic carbocycles. The minimum atomic E-state index is -0.707. The van der Waals surface area contributed by atoms with Gasteiger partial charge in [-0.25, -0.2) is 23.7 Å². The molecule has 8 aromatic rings. The number of fused-ring (bicyclic) bond motifs is 2. The number of nitrogens with two attached hydrogens (primary N) is 1. The Labute approximate surface area is 467 Å². The number of benzene rings is 4. The molecule has 13 nitrogen and oxygen atoms in total. The van der Waals surface area contributed by atoms with Crippen LogP contribution < -0.4 is 15.5 Å². The van der Waals surface area contributed by atoms with Gasteiger partial charge in [0.2, 0.25) is 17.6 Å². The molecule has 79 heavy (non-hydrogen) atoms. The zero-order chi connectivity index (χ0) is 56.2. The summed E-state index contributed by atoms with van der Waals surface area (Å²) in [6.45, 7) is 27.4. The van der Waals surface area contributed by atoms with Crippen LogP contribution in [-0.2, 0) is 9.59 Å². The number of anilines is 2. The maximum Gasteiger partial charge on any atom is 0.281 e.